The van der Waals surface area contributed by atoms with Gasteiger partial charge in [0.1, 0.15) is 0 Å². The summed E-state index contributed by atoms with van der Waals surface area (Å²) >= 11 is 1.83. The second-order valence-electron chi connectivity index (χ2n) is 4.61. The second-order valence-corrected chi connectivity index (χ2v) is 5.50. The largest absolute Gasteiger partial charge is 0.314 e. The Morgan fingerprint density at radius 2 is 2.43 bits per heavy atom. The first-order valence-corrected chi connectivity index (χ1v) is 6.36. The summed E-state index contributed by atoms with van der Waals surface area (Å²) < 4.78 is 0. The lowest BCUT2D eigenvalue weighted by molar-refractivity contribution is 0.623. The fourth-order valence-corrected chi connectivity index (χ4v) is 2.93. The molecule has 0 aromatic carbocycles. The minimum absolute atomic E-state index is 0.778. The molecule has 2 fully saturated rings. The van der Waals surface area contributed by atoms with Crippen LogP contribution >= 0.6 is 11.3 Å². The van der Waals surface area contributed by atoms with E-state index >= 15 is 0 Å². The van der Waals surface area contributed by atoms with Crippen LogP contribution in [0.15, 0.2) is 5.38 Å². The topological polar surface area (TPSA) is 24.9 Å². The van der Waals surface area contributed by atoms with Gasteiger partial charge in [-0.05, 0) is 38.6 Å². The number of aromatic nitrogens is 1. The second kappa shape index (κ2) is 3.31. The lowest BCUT2D eigenvalue weighted by atomic mass is 10.3. The van der Waals surface area contributed by atoms with Gasteiger partial charge in [0.25, 0.3) is 0 Å². The maximum atomic E-state index is 4.56. The van der Waals surface area contributed by atoms with Crippen LogP contribution in [0.1, 0.15) is 35.9 Å². The van der Waals surface area contributed by atoms with Gasteiger partial charge in [-0.25, -0.2) is 4.98 Å². The first-order valence-electron chi connectivity index (χ1n) is 5.48. The zero-order chi connectivity index (χ0) is 9.54. The summed E-state index contributed by atoms with van der Waals surface area (Å²) in [6.45, 7) is 3.30. The molecular formula is C11H16N2S. The Morgan fingerprint density at radius 3 is 3.07 bits per heavy atom. The van der Waals surface area contributed by atoms with Crippen LogP contribution in [-0.4, -0.2) is 17.6 Å². The Labute approximate surface area is 88.7 Å². The molecule has 1 aromatic heterocycles. The third kappa shape index (κ3) is 1.84. The van der Waals surface area contributed by atoms with Crippen LogP contribution in [0, 0.1) is 12.8 Å². The predicted octanol–water partition coefficient (Wildman–Crippen LogP) is 2.31. The Kier molecular flexibility index (Phi) is 2.10. The van der Waals surface area contributed by atoms with Crippen molar-refractivity contribution in [3.05, 3.63) is 16.1 Å². The van der Waals surface area contributed by atoms with Crippen molar-refractivity contribution in [2.45, 2.75) is 38.1 Å². The molecule has 1 aromatic rings. The van der Waals surface area contributed by atoms with Gasteiger partial charge >= 0.3 is 0 Å². The lowest BCUT2D eigenvalue weighted by Gasteiger charge is -1.99. The molecule has 14 heavy (non-hydrogen) atoms. The lowest BCUT2D eigenvalue weighted by Crippen LogP contribution is -2.19. The van der Waals surface area contributed by atoms with Crippen LogP contribution in [0.3, 0.4) is 0 Å². The van der Waals surface area contributed by atoms with Gasteiger partial charge in [0.2, 0.25) is 0 Å². The van der Waals surface area contributed by atoms with Gasteiger partial charge in [0.05, 0.1) is 5.01 Å². The van der Waals surface area contributed by atoms with Gasteiger partial charge in [-0.2, -0.15) is 0 Å². The Bertz CT molecular complexity index is 330. The zero-order valence-electron chi connectivity index (χ0n) is 8.49. The molecule has 2 nitrogen and oxygen atoms in total. The molecule has 1 N–H and O–H groups in total. The van der Waals surface area contributed by atoms with Crippen molar-refractivity contribution >= 4 is 11.3 Å². The molecule has 0 saturated heterocycles. The van der Waals surface area contributed by atoms with E-state index in [1.165, 1.54) is 36.5 Å². The minimum atomic E-state index is 0.778. The minimum Gasteiger partial charge on any atom is -0.314 e. The molecule has 0 amide bonds. The molecule has 0 spiro atoms. The Hall–Kier alpha value is -0.410. The molecule has 3 heteroatoms. The van der Waals surface area contributed by atoms with Crippen LogP contribution in [0.5, 0.6) is 0 Å². The normalized spacial score (nSPS) is 30.6. The molecule has 2 aliphatic carbocycles. The summed E-state index contributed by atoms with van der Waals surface area (Å²) in [7, 11) is 0. The standard InChI is InChI=1S/C11H16N2S/c1-7-6-14-11(13-7)10-4-8(10)5-12-9-2-3-9/h6,8-10,12H,2-5H2,1H3. The van der Waals surface area contributed by atoms with E-state index in [1.807, 2.05) is 11.3 Å². The van der Waals surface area contributed by atoms with E-state index in [0.29, 0.717) is 0 Å². The molecule has 0 radical (unpaired) electrons. The van der Waals surface area contributed by atoms with Crippen molar-refractivity contribution in [2.24, 2.45) is 5.92 Å². The molecule has 2 saturated carbocycles. The molecule has 0 aliphatic heterocycles. The third-order valence-electron chi connectivity index (χ3n) is 3.12. The van der Waals surface area contributed by atoms with Crippen LogP contribution < -0.4 is 5.32 Å². The fraction of sp³-hybridized carbons (Fsp3) is 0.727. The number of hydrogen-bond donors (Lipinski definition) is 1. The molecule has 2 aliphatic rings. The molecular weight excluding hydrogens is 192 g/mol. The van der Waals surface area contributed by atoms with E-state index in [9.17, 15) is 0 Å². The summed E-state index contributed by atoms with van der Waals surface area (Å²) in [5.41, 5.74) is 1.19. The maximum Gasteiger partial charge on any atom is 0.0962 e. The van der Waals surface area contributed by atoms with Crippen molar-refractivity contribution in [3.8, 4) is 0 Å². The quantitative estimate of drug-likeness (QED) is 0.821. The molecule has 76 valence electrons. The van der Waals surface area contributed by atoms with Crippen LogP contribution in [0.4, 0.5) is 0 Å². The van der Waals surface area contributed by atoms with Crippen LogP contribution in [0.2, 0.25) is 0 Å². The van der Waals surface area contributed by atoms with Gasteiger partial charge in [-0.3, -0.25) is 0 Å². The number of nitrogens with zero attached hydrogens (tertiary/aromatic N) is 1. The highest BCUT2D eigenvalue weighted by molar-refractivity contribution is 7.09. The van der Waals surface area contributed by atoms with Gasteiger partial charge in [-0.1, -0.05) is 0 Å². The molecule has 3 rings (SSSR count). The summed E-state index contributed by atoms with van der Waals surface area (Å²) in [6.07, 6.45) is 4.15. The molecule has 0 bridgehead atoms. The van der Waals surface area contributed by atoms with E-state index in [-0.39, 0.29) is 0 Å². The Balaban J connectivity index is 1.51. The van der Waals surface area contributed by atoms with E-state index in [4.69, 9.17) is 0 Å². The van der Waals surface area contributed by atoms with Gasteiger partial charge < -0.3 is 5.32 Å². The number of nitrogens with one attached hydrogen (secondary N) is 1. The average molecular weight is 208 g/mol. The van der Waals surface area contributed by atoms with Crippen molar-refractivity contribution < 1.29 is 0 Å². The number of thiazole rings is 1. The summed E-state index contributed by atoms with van der Waals surface area (Å²) in [4.78, 5) is 4.56. The maximum absolute atomic E-state index is 4.56. The van der Waals surface area contributed by atoms with Crippen molar-refractivity contribution in [1.82, 2.24) is 10.3 Å². The Morgan fingerprint density at radius 1 is 1.57 bits per heavy atom. The first-order chi connectivity index (χ1) is 6.83. The molecule has 1 heterocycles. The number of aryl methyl sites for hydroxylation is 1. The highest BCUT2D eigenvalue weighted by atomic mass is 32.1. The zero-order valence-corrected chi connectivity index (χ0v) is 9.31. The van der Waals surface area contributed by atoms with Crippen molar-refractivity contribution in [2.75, 3.05) is 6.54 Å². The number of hydrogen-bond acceptors (Lipinski definition) is 3. The van der Waals surface area contributed by atoms with E-state index in [2.05, 4.69) is 22.6 Å². The predicted molar refractivity (Wildman–Crippen MR) is 58.7 cm³/mol. The SMILES string of the molecule is Cc1csc(C2CC2CNC2CC2)n1. The highest BCUT2D eigenvalue weighted by Gasteiger charge is 2.40. The van der Waals surface area contributed by atoms with Crippen LogP contribution in [-0.2, 0) is 0 Å². The van der Waals surface area contributed by atoms with Crippen molar-refractivity contribution in [1.29, 1.82) is 0 Å². The van der Waals surface area contributed by atoms with Gasteiger partial charge in [-0.15, -0.1) is 11.3 Å². The average Bonchev–Trinajstić information content (AvgIpc) is 3.06. The highest BCUT2D eigenvalue weighted by Crippen LogP contribution is 2.48. The van der Waals surface area contributed by atoms with E-state index < -0.39 is 0 Å². The van der Waals surface area contributed by atoms with E-state index in [0.717, 1.165) is 17.9 Å². The summed E-state index contributed by atoms with van der Waals surface area (Å²) in [5.74, 6) is 1.65. The third-order valence-corrected chi connectivity index (χ3v) is 4.22. The van der Waals surface area contributed by atoms with Gasteiger partial charge in [0.15, 0.2) is 0 Å². The number of rotatable bonds is 4. The van der Waals surface area contributed by atoms with Gasteiger partial charge in [0, 0.05) is 23.0 Å². The van der Waals surface area contributed by atoms with Crippen LogP contribution in [0.25, 0.3) is 0 Å². The molecule has 2 unspecified atom stereocenters. The fourth-order valence-electron chi connectivity index (χ4n) is 1.92. The van der Waals surface area contributed by atoms with E-state index in [1.54, 1.807) is 0 Å². The summed E-state index contributed by atoms with van der Waals surface area (Å²) in [5, 5.41) is 7.13. The van der Waals surface area contributed by atoms with Crippen molar-refractivity contribution in [3.63, 3.8) is 0 Å². The first kappa shape index (κ1) is 8.86. The monoisotopic (exact) mass is 208 g/mol. The summed E-state index contributed by atoms with van der Waals surface area (Å²) in [6, 6.07) is 0.856. The smallest absolute Gasteiger partial charge is 0.0962 e. The molecule has 2 atom stereocenters.